The van der Waals surface area contributed by atoms with Crippen molar-refractivity contribution in [3.05, 3.63) is 0 Å². The van der Waals surface area contributed by atoms with Gasteiger partial charge in [-0.25, -0.2) is 0 Å². The van der Waals surface area contributed by atoms with Crippen LogP contribution in [0, 0.1) is 35.5 Å². The normalized spacial score (nSPS) is 38.0. The molecule has 0 spiro atoms. The maximum atomic E-state index is 11.6. The topological polar surface area (TPSA) is 74.6 Å². The van der Waals surface area contributed by atoms with Gasteiger partial charge in [0.15, 0.2) is 20.2 Å². The summed E-state index contributed by atoms with van der Waals surface area (Å²) in [4.78, 5) is 23.2. The highest BCUT2D eigenvalue weighted by atomic mass is 35.5. The standard InChI is InChI=1S/2C12H18Cl2O2/c2*1-2-8(15)5-3-7-4-6-9-10(7)12(13,14)11(9)16/h2*7-10,15H,2-6H2,1H3. The molecule has 8 unspecified atom stereocenters. The van der Waals surface area contributed by atoms with Crippen LogP contribution in [-0.2, 0) is 9.59 Å². The molecule has 4 nitrogen and oxygen atoms in total. The van der Waals surface area contributed by atoms with Crippen molar-refractivity contribution in [3.8, 4) is 0 Å². The average Bonchev–Trinajstić information content (AvgIpc) is 3.37. The van der Waals surface area contributed by atoms with E-state index in [2.05, 4.69) is 0 Å². The molecule has 0 aromatic carbocycles. The van der Waals surface area contributed by atoms with Gasteiger partial charge in [-0.2, -0.15) is 0 Å². The molecule has 0 saturated heterocycles. The van der Waals surface area contributed by atoms with Crippen LogP contribution in [-0.4, -0.2) is 42.7 Å². The summed E-state index contributed by atoms with van der Waals surface area (Å²) in [6, 6.07) is 0. The van der Waals surface area contributed by atoms with Gasteiger partial charge in [-0.1, -0.05) is 60.3 Å². The number of carbonyl (C=O) groups is 2. The molecule has 0 bridgehead atoms. The lowest BCUT2D eigenvalue weighted by Gasteiger charge is -2.44. The van der Waals surface area contributed by atoms with E-state index in [0.717, 1.165) is 64.2 Å². The first kappa shape index (κ1) is 27.0. The summed E-state index contributed by atoms with van der Waals surface area (Å²) in [6.45, 7) is 3.95. The number of Topliss-reactive ketones (excluding diaryl/α,β-unsaturated/α-hetero) is 2. The summed E-state index contributed by atoms with van der Waals surface area (Å²) < 4.78 is -2.27. The fourth-order valence-corrected chi connectivity index (χ4v) is 8.23. The maximum Gasteiger partial charge on any atom is 0.179 e. The van der Waals surface area contributed by atoms with Gasteiger partial charge in [-0.3, -0.25) is 9.59 Å². The average molecular weight is 530 g/mol. The van der Waals surface area contributed by atoms with Crippen LogP contribution < -0.4 is 0 Å². The van der Waals surface area contributed by atoms with E-state index in [1.807, 2.05) is 13.8 Å². The molecule has 0 aromatic heterocycles. The smallest absolute Gasteiger partial charge is 0.179 e. The largest absolute Gasteiger partial charge is 0.393 e. The summed E-state index contributed by atoms with van der Waals surface area (Å²) >= 11 is 24.2. The fraction of sp³-hybridized carbons (Fsp3) is 0.917. The molecule has 4 rings (SSSR count). The molecule has 0 aromatic rings. The van der Waals surface area contributed by atoms with Crippen LogP contribution in [0.5, 0.6) is 0 Å². The molecule has 0 heterocycles. The van der Waals surface area contributed by atoms with E-state index in [1.54, 1.807) is 0 Å². The zero-order valence-electron chi connectivity index (χ0n) is 18.9. The Morgan fingerprint density at radius 1 is 0.750 bits per heavy atom. The van der Waals surface area contributed by atoms with Crippen LogP contribution in [0.25, 0.3) is 0 Å². The zero-order chi connectivity index (χ0) is 23.8. The SMILES string of the molecule is CCC(O)CCC1CCC2C(=O)C(Cl)(Cl)C12.CCC(O)CCC1CCC2C(=O)C(Cl)(Cl)C12. The fourth-order valence-electron chi connectivity index (χ4n) is 6.35. The summed E-state index contributed by atoms with van der Waals surface area (Å²) in [5.74, 6) is 1.31. The minimum Gasteiger partial charge on any atom is -0.393 e. The van der Waals surface area contributed by atoms with Gasteiger partial charge in [0.25, 0.3) is 0 Å². The Hall–Kier alpha value is 0.420. The Labute approximate surface area is 211 Å². The van der Waals surface area contributed by atoms with Gasteiger partial charge in [0, 0.05) is 23.7 Å². The molecule has 2 N–H and O–H groups in total. The van der Waals surface area contributed by atoms with E-state index in [9.17, 15) is 19.8 Å². The molecular weight excluding hydrogens is 494 g/mol. The highest BCUT2D eigenvalue weighted by molar-refractivity contribution is 6.61. The van der Waals surface area contributed by atoms with Gasteiger partial charge < -0.3 is 10.2 Å². The second-order valence-corrected chi connectivity index (χ2v) is 13.0. The Morgan fingerprint density at radius 2 is 1.09 bits per heavy atom. The van der Waals surface area contributed by atoms with Crippen molar-refractivity contribution in [2.75, 3.05) is 0 Å². The molecule has 4 saturated carbocycles. The molecule has 4 fully saturated rings. The van der Waals surface area contributed by atoms with E-state index in [0.29, 0.717) is 11.8 Å². The number of fused-ring (bicyclic) bond motifs is 2. The van der Waals surface area contributed by atoms with E-state index < -0.39 is 8.67 Å². The molecule has 0 aliphatic heterocycles. The van der Waals surface area contributed by atoms with E-state index >= 15 is 0 Å². The molecule has 8 atom stereocenters. The highest BCUT2D eigenvalue weighted by Gasteiger charge is 2.65. The molecule has 8 heteroatoms. The van der Waals surface area contributed by atoms with Crippen LogP contribution in [0.2, 0.25) is 0 Å². The van der Waals surface area contributed by atoms with Crippen molar-refractivity contribution in [2.24, 2.45) is 35.5 Å². The summed E-state index contributed by atoms with van der Waals surface area (Å²) in [7, 11) is 0. The molecule has 32 heavy (non-hydrogen) atoms. The predicted octanol–water partition coefficient (Wildman–Crippen LogP) is 5.87. The van der Waals surface area contributed by atoms with Crippen LogP contribution in [0.4, 0.5) is 0 Å². The minimum atomic E-state index is -1.14. The number of rotatable bonds is 8. The van der Waals surface area contributed by atoms with Gasteiger partial charge in [-0.15, -0.1) is 0 Å². The minimum absolute atomic E-state index is 0.0133. The maximum absolute atomic E-state index is 11.6. The third-order valence-electron chi connectivity index (χ3n) is 8.43. The van der Waals surface area contributed by atoms with Crippen molar-refractivity contribution < 1.29 is 19.8 Å². The van der Waals surface area contributed by atoms with Crippen molar-refractivity contribution in [2.45, 2.75) is 98.9 Å². The second kappa shape index (κ2) is 10.6. The molecular formula is C24H36Cl4O4. The van der Waals surface area contributed by atoms with Crippen molar-refractivity contribution in [1.29, 1.82) is 0 Å². The van der Waals surface area contributed by atoms with Crippen molar-refractivity contribution in [3.63, 3.8) is 0 Å². The Balaban J connectivity index is 0.000000181. The van der Waals surface area contributed by atoms with Crippen molar-refractivity contribution >= 4 is 58.0 Å². The lowest BCUT2D eigenvalue weighted by Crippen LogP contribution is -2.55. The number of alkyl halides is 4. The number of ketones is 2. The Morgan fingerprint density at radius 3 is 1.41 bits per heavy atom. The van der Waals surface area contributed by atoms with E-state index in [-0.39, 0.29) is 47.4 Å². The van der Waals surface area contributed by atoms with Gasteiger partial charge in [-0.05, 0) is 76.0 Å². The number of aliphatic hydroxyl groups excluding tert-OH is 2. The Kier molecular flexibility index (Phi) is 8.93. The summed E-state index contributed by atoms with van der Waals surface area (Å²) in [5, 5.41) is 19.1. The number of hydrogen-bond donors (Lipinski definition) is 2. The zero-order valence-corrected chi connectivity index (χ0v) is 21.9. The predicted molar refractivity (Wildman–Crippen MR) is 129 cm³/mol. The monoisotopic (exact) mass is 528 g/mol. The van der Waals surface area contributed by atoms with E-state index in [1.165, 1.54) is 0 Å². The molecule has 4 aliphatic carbocycles. The van der Waals surface area contributed by atoms with Crippen LogP contribution in [0.3, 0.4) is 0 Å². The summed E-state index contributed by atoms with van der Waals surface area (Å²) in [5.41, 5.74) is 0. The van der Waals surface area contributed by atoms with Gasteiger partial charge >= 0.3 is 0 Å². The second-order valence-electron chi connectivity index (χ2n) is 10.2. The first-order valence-electron chi connectivity index (χ1n) is 12.2. The molecule has 184 valence electrons. The van der Waals surface area contributed by atoms with Gasteiger partial charge in [0.1, 0.15) is 0 Å². The third kappa shape index (κ3) is 5.02. The van der Waals surface area contributed by atoms with E-state index in [4.69, 9.17) is 46.4 Å². The quantitative estimate of drug-likeness (QED) is 0.385. The lowest BCUT2D eigenvalue weighted by molar-refractivity contribution is -0.135. The first-order chi connectivity index (χ1) is 15.0. The van der Waals surface area contributed by atoms with Gasteiger partial charge in [0.05, 0.1) is 12.2 Å². The van der Waals surface area contributed by atoms with Crippen molar-refractivity contribution in [1.82, 2.24) is 0 Å². The molecule has 0 amide bonds. The molecule has 0 radical (unpaired) electrons. The van der Waals surface area contributed by atoms with Crippen LogP contribution in [0.1, 0.15) is 78.1 Å². The van der Waals surface area contributed by atoms with Gasteiger partial charge in [0.2, 0.25) is 0 Å². The lowest BCUT2D eigenvalue weighted by atomic mass is 9.69. The number of aliphatic hydroxyl groups is 2. The summed E-state index contributed by atoms with van der Waals surface area (Å²) in [6.07, 6.45) is 8.48. The first-order valence-corrected chi connectivity index (χ1v) is 13.7. The highest BCUT2D eigenvalue weighted by Crippen LogP contribution is 2.61. The number of hydrogen-bond acceptors (Lipinski definition) is 4. The third-order valence-corrected chi connectivity index (χ3v) is 10.2. The van der Waals surface area contributed by atoms with Crippen LogP contribution >= 0.6 is 46.4 Å². The van der Waals surface area contributed by atoms with Crippen LogP contribution in [0.15, 0.2) is 0 Å². The molecule has 4 aliphatic rings. The number of halogens is 4. The number of carbonyl (C=O) groups excluding carboxylic acids is 2. The Bertz CT molecular complexity index is 639.